The first-order valence-electron chi connectivity index (χ1n) is 4.40. The first-order valence-corrected chi connectivity index (χ1v) is 4.40. The lowest BCUT2D eigenvalue weighted by atomic mass is 10.2. The van der Waals surface area contributed by atoms with Crippen LogP contribution in [0.2, 0.25) is 0 Å². The number of aromatic nitrogens is 2. The molecule has 0 aromatic carbocycles. The summed E-state index contributed by atoms with van der Waals surface area (Å²) in [7, 11) is 0. The third-order valence-corrected chi connectivity index (χ3v) is 1.96. The quantitative estimate of drug-likeness (QED) is 0.713. The van der Waals surface area contributed by atoms with E-state index in [1.165, 1.54) is 0 Å². The van der Waals surface area contributed by atoms with Crippen molar-refractivity contribution in [1.29, 1.82) is 0 Å². The molecule has 0 atom stereocenters. The van der Waals surface area contributed by atoms with Gasteiger partial charge in [0.1, 0.15) is 0 Å². The van der Waals surface area contributed by atoms with Gasteiger partial charge in [-0.15, -0.1) is 0 Å². The Morgan fingerprint density at radius 2 is 2.00 bits per heavy atom. The molecule has 0 spiro atoms. The predicted molar refractivity (Wildman–Crippen MR) is 57.6 cm³/mol. The van der Waals surface area contributed by atoms with Gasteiger partial charge >= 0.3 is 0 Å². The summed E-state index contributed by atoms with van der Waals surface area (Å²) in [6.45, 7) is 3.66. The fourth-order valence-corrected chi connectivity index (χ4v) is 1.21. The molecule has 2 nitrogen and oxygen atoms in total. The summed E-state index contributed by atoms with van der Waals surface area (Å²) in [6.07, 6.45) is 5.30. The molecule has 2 heterocycles. The maximum atomic E-state index is 4.24. The van der Waals surface area contributed by atoms with Crippen molar-refractivity contribution in [2.75, 3.05) is 0 Å². The molecule has 0 unspecified atom stereocenters. The van der Waals surface area contributed by atoms with Gasteiger partial charge in [0.2, 0.25) is 0 Å². The molecule has 68 valence electrons. The highest BCUT2D eigenvalue weighted by atomic mass is 14.7. The normalized spacial score (nSPS) is 9.71. The summed E-state index contributed by atoms with van der Waals surface area (Å²) in [5, 5.41) is 0. The fraction of sp³-hybridized carbons (Fsp3) is 0. The van der Waals surface area contributed by atoms with Crippen LogP contribution >= 0.6 is 0 Å². The zero-order chi connectivity index (χ0) is 9.80. The molecule has 0 bridgehead atoms. The second kappa shape index (κ2) is 3.83. The molecule has 0 fully saturated rings. The van der Waals surface area contributed by atoms with Gasteiger partial charge in [-0.2, -0.15) is 0 Å². The Morgan fingerprint density at radius 3 is 2.57 bits per heavy atom. The summed E-state index contributed by atoms with van der Waals surface area (Å²) in [6, 6.07) is 9.74. The van der Waals surface area contributed by atoms with Gasteiger partial charge < -0.3 is 0 Å². The topological polar surface area (TPSA) is 25.8 Å². The van der Waals surface area contributed by atoms with Gasteiger partial charge in [-0.25, -0.2) is 0 Å². The van der Waals surface area contributed by atoms with Gasteiger partial charge in [0.25, 0.3) is 0 Å². The molecule has 0 saturated carbocycles. The minimum absolute atomic E-state index is 0.879. The Labute approximate surface area is 83.0 Å². The summed E-state index contributed by atoms with van der Waals surface area (Å²) in [4.78, 5) is 8.45. The van der Waals surface area contributed by atoms with Crippen LogP contribution in [0.15, 0.2) is 49.3 Å². The summed E-state index contributed by atoms with van der Waals surface area (Å²) < 4.78 is 0. The Kier molecular flexibility index (Phi) is 2.36. The summed E-state index contributed by atoms with van der Waals surface area (Å²) >= 11 is 0. The van der Waals surface area contributed by atoms with Crippen LogP contribution in [0.3, 0.4) is 0 Å². The van der Waals surface area contributed by atoms with Gasteiger partial charge in [0.15, 0.2) is 0 Å². The Bertz CT molecular complexity index is 418. The van der Waals surface area contributed by atoms with E-state index in [1.54, 1.807) is 18.5 Å². The standard InChI is InChI=1S/C12H10N2/c1-2-11-7-6-10(9-14-11)12-5-3-4-8-13-12/h2-9H,1H2. The highest BCUT2D eigenvalue weighted by Gasteiger charge is 1.97. The average Bonchev–Trinajstić information content (AvgIpc) is 2.30. The predicted octanol–water partition coefficient (Wildman–Crippen LogP) is 2.79. The van der Waals surface area contributed by atoms with E-state index in [2.05, 4.69) is 16.5 Å². The molecule has 2 aromatic heterocycles. The molecule has 0 saturated heterocycles. The van der Waals surface area contributed by atoms with E-state index >= 15 is 0 Å². The van der Waals surface area contributed by atoms with E-state index in [4.69, 9.17) is 0 Å². The minimum atomic E-state index is 0.879. The number of nitrogens with zero attached hydrogens (tertiary/aromatic N) is 2. The molecule has 0 aliphatic heterocycles. The van der Waals surface area contributed by atoms with Crippen molar-refractivity contribution in [1.82, 2.24) is 9.97 Å². The minimum Gasteiger partial charge on any atom is -0.256 e. The van der Waals surface area contributed by atoms with E-state index in [0.29, 0.717) is 0 Å². The average molecular weight is 182 g/mol. The largest absolute Gasteiger partial charge is 0.256 e. The zero-order valence-corrected chi connectivity index (χ0v) is 7.72. The monoisotopic (exact) mass is 182 g/mol. The van der Waals surface area contributed by atoms with Gasteiger partial charge in [0.05, 0.1) is 11.4 Å². The van der Waals surface area contributed by atoms with Crippen LogP contribution < -0.4 is 0 Å². The highest BCUT2D eigenvalue weighted by molar-refractivity contribution is 5.58. The van der Waals surface area contributed by atoms with Crippen LogP contribution in [0.1, 0.15) is 5.69 Å². The van der Waals surface area contributed by atoms with Crippen molar-refractivity contribution < 1.29 is 0 Å². The van der Waals surface area contributed by atoms with Crippen LogP contribution in [0.4, 0.5) is 0 Å². The molecule has 14 heavy (non-hydrogen) atoms. The van der Waals surface area contributed by atoms with E-state index in [-0.39, 0.29) is 0 Å². The van der Waals surface area contributed by atoms with Gasteiger partial charge in [-0.1, -0.05) is 12.6 Å². The molecule has 0 radical (unpaired) electrons. The van der Waals surface area contributed by atoms with Gasteiger partial charge in [0, 0.05) is 18.0 Å². The number of rotatable bonds is 2. The molecule has 2 aromatic rings. The van der Waals surface area contributed by atoms with Gasteiger partial charge in [-0.05, 0) is 30.3 Å². The maximum Gasteiger partial charge on any atom is 0.0717 e. The maximum absolute atomic E-state index is 4.24. The van der Waals surface area contributed by atoms with Crippen molar-refractivity contribution in [3.63, 3.8) is 0 Å². The first kappa shape index (κ1) is 8.63. The Hall–Kier alpha value is -1.96. The van der Waals surface area contributed by atoms with Crippen molar-refractivity contribution in [2.24, 2.45) is 0 Å². The fourth-order valence-electron chi connectivity index (χ4n) is 1.21. The molecular weight excluding hydrogens is 172 g/mol. The summed E-state index contributed by atoms with van der Waals surface area (Å²) in [5.74, 6) is 0. The molecule has 0 aliphatic rings. The second-order valence-corrected chi connectivity index (χ2v) is 2.89. The smallest absolute Gasteiger partial charge is 0.0717 e. The number of hydrogen-bond acceptors (Lipinski definition) is 2. The summed E-state index contributed by atoms with van der Waals surface area (Å²) in [5.41, 5.74) is 2.84. The van der Waals surface area contributed by atoms with E-state index in [1.807, 2.05) is 30.3 Å². The van der Waals surface area contributed by atoms with E-state index < -0.39 is 0 Å². The van der Waals surface area contributed by atoms with Crippen molar-refractivity contribution in [2.45, 2.75) is 0 Å². The molecule has 0 aliphatic carbocycles. The lowest BCUT2D eigenvalue weighted by molar-refractivity contribution is 1.26. The van der Waals surface area contributed by atoms with E-state index in [9.17, 15) is 0 Å². The van der Waals surface area contributed by atoms with Crippen molar-refractivity contribution >= 4 is 6.08 Å². The Balaban J connectivity index is 2.39. The third kappa shape index (κ3) is 1.69. The molecule has 0 amide bonds. The van der Waals surface area contributed by atoms with Crippen LogP contribution in [-0.4, -0.2) is 9.97 Å². The van der Waals surface area contributed by atoms with E-state index in [0.717, 1.165) is 17.0 Å². The molecular formula is C12H10N2. The molecule has 0 N–H and O–H groups in total. The van der Waals surface area contributed by atoms with Gasteiger partial charge in [-0.3, -0.25) is 9.97 Å². The molecule has 2 heteroatoms. The van der Waals surface area contributed by atoms with Crippen LogP contribution in [-0.2, 0) is 0 Å². The second-order valence-electron chi connectivity index (χ2n) is 2.89. The Morgan fingerprint density at radius 1 is 1.07 bits per heavy atom. The van der Waals surface area contributed by atoms with Crippen molar-refractivity contribution in [3.8, 4) is 11.3 Å². The van der Waals surface area contributed by atoms with Crippen molar-refractivity contribution in [3.05, 3.63) is 55.0 Å². The first-order chi connectivity index (χ1) is 6.90. The number of hydrogen-bond donors (Lipinski definition) is 0. The zero-order valence-electron chi connectivity index (χ0n) is 7.72. The lowest BCUT2D eigenvalue weighted by Gasteiger charge is -1.99. The third-order valence-electron chi connectivity index (χ3n) is 1.96. The highest BCUT2D eigenvalue weighted by Crippen LogP contribution is 2.14. The lowest BCUT2D eigenvalue weighted by Crippen LogP contribution is -1.84. The number of pyridine rings is 2. The van der Waals surface area contributed by atoms with Crippen LogP contribution in [0, 0.1) is 0 Å². The SMILES string of the molecule is C=Cc1ccc(-c2ccccn2)cn1. The van der Waals surface area contributed by atoms with Crippen LogP contribution in [0.25, 0.3) is 17.3 Å². The molecule has 2 rings (SSSR count). The van der Waals surface area contributed by atoms with Crippen LogP contribution in [0.5, 0.6) is 0 Å².